The molecule has 0 radical (unpaired) electrons. The third-order valence-electron chi connectivity index (χ3n) is 4.94. The highest BCUT2D eigenvalue weighted by Crippen LogP contribution is 2.32. The molecule has 17 heavy (non-hydrogen) atoms. The summed E-state index contributed by atoms with van der Waals surface area (Å²) in [5.74, 6) is 0. The molecule has 1 heterocycles. The molecular formula is C15H26N2. The largest absolute Gasteiger partial charge is 0.310 e. The fourth-order valence-electron chi connectivity index (χ4n) is 3.94. The average molecular weight is 234 g/mol. The molecule has 0 amide bonds. The molecule has 2 fully saturated rings. The first-order valence-electron chi connectivity index (χ1n) is 7.52. The summed E-state index contributed by atoms with van der Waals surface area (Å²) in [7, 11) is 0. The van der Waals surface area contributed by atoms with Crippen LogP contribution in [0.5, 0.6) is 0 Å². The molecule has 0 atom stereocenters. The molecular weight excluding hydrogens is 208 g/mol. The van der Waals surface area contributed by atoms with Gasteiger partial charge in [0, 0.05) is 18.1 Å². The van der Waals surface area contributed by atoms with Gasteiger partial charge in [-0.2, -0.15) is 0 Å². The standard InChI is InChI=1S/C15H26N2/c1-4-9-15(10-5-1)13-17(12-6-11-16-15)14-7-2-3-8-14/h2-3,14,16H,1,4-13H2. The Bertz CT molecular complexity index is 271. The van der Waals surface area contributed by atoms with Crippen LogP contribution in [0.15, 0.2) is 12.2 Å². The van der Waals surface area contributed by atoms with Gasteiger partial charge < -0.3 is 5.32 Å². The van der Waals surface area contributed by atoms with E-state index >= 15 is 0 Å². The van der Waals surface area contributed by atoms with Gasteiger partial charge in [-0.3, -0.25) is 4.90 Å². The highest BCUT2D eigenvalue weighted by Gasteiger charge is 2.36. The van der Waals surface area contributed by atoms with Gasteiger partial charge in [-0.05, 0) is 45.2 Å². The van der Waals surface area contributed by atoms with Gasteiger partial charge in [0.1, 0.15) is 0 Å². The Morgan fingerprint density at radius 1 is 1.00 bits per heavy atom. The summed E-state index contributed by atoms with van der Waals surface area (Å²) in [6, 6.07) is 0.814. The summed E-state index contributed by atoms with van der Waals surface area (Å²) in [4.78, 5) is 2.78. The Balaban J connectivity index is 1.68. The first-order valence-corrected chi connectivity index (χ1v) is 7.52. The molecule has 2 heteroatoms. The molecule has 1 saturated heterocycles. The van der Waals surface area contributed by atoms with E-state index in [0.717, 1.165) is 6.04 Å². The van der Waals surface area contributed by atoms with Crippen molar-refractivity contribution >= 4 is 0 Å². The minimum absolute atomic E-state index is 0.470. The summed E-state index contributed by atoms with van der Waals surface area (Å²) >= 11 is 0. The zero-order chi connectivity index (χ0) is 11.6. The molecule has 2 nitrogen and oxygen atoms in total. The first-order chi connectivity index (χ1) is 8.38. The van der Waals surface area contributed by atoms with E-state index < -0.39 is 0 Å². The van der Waals surface area contributed by atoms with Crippen molar-refractivity contribution in [2.24, 2.45) is 0 Å². The second-order valence-electron chi connectivity index (χ2n) is 6.19. The van der Waals surface area contributed by atoms with Crippen LogP contribution in [0.2, 0.25) is 0 Å². The quantitative estimate of drug-likeness (QED) is 0.702. The molecule has 96 valence electrons. The number of hydrogen-bond acceptors (Lipinski definition) is 2. The van der Waals surface area contributed by atoms with Crippen LogP contribution in [-0.2, 0) is 0 Å². The van der Waals surface area contributed by atoms with Crippen molar-refractivity contribution in [1.82, 2.24) is 10.2 Å². The van der Waals surface area contributed by atoms with Gasteiger partial charge in [0.25, 0.3) is 0 Å². The molecule has 2 aliphatic carbocycles. The van der Waals surface area contributed by atoms with Crippen molar-refractivity contribution in [2.75, 3.05) is 19.6 Å². The molecule has 3 rings (SSSR count). The van der Waals surface area contributed by atoms with Gasteiger partial charge in [-0.15, -0.1) is 0 Å². The summed E-state index contributed by atoms with van der Waals surface area (Å²) in [5, 5.41) is 3.89. The lowest BCUT2D eigenvalue weighted by molar-refractivity contribution is 0.131. The molecule has 3 aliphatic rings. The van der Waals surface area contributed by atoms with Crippen LogP contribution in [-0.4, -0.2) is 36.1 Å². The third-order valence-corrected chi connectivity index (χ3v) is 4.94. The highest BCUT2D eigenvalue weighted by molar-refractivity contribution is 5.02. The van der Waals surface area contributed by atoms with Crippen molar-refractivity contribution in [3.63, 3.8) is 0 Å². The monoisotopic (exact) mass is 234 g/mol. The fraction of sp³-hybridized carbons (Fsp3) is 0.867. The van der Waals surface area contributed by atoms with Crippen LogP contribution in [0.3, 0.4) is 0 Å². The number of nitrogens with zero attached hydrogens (tertiary/aromatic N) is 1. The predicted molar refractivity (Wildman–Crippen MR) is 72.2 cm³/mol. The number of nitrogens with one attached hydrogen (secondary N) is 1. The van der Waals surface area contributed by atoms with Gasteiger partial charge >= 0.3 is 0 Å². The Hall–Kier alpha value is -0.340. The van der Waals surface area contributed by atoms with Crippen LogP contribution >= 0.6 is 0 Å². The maximum Gasteiger partial charge on any atom is 0.0308 e. The SMILES string of the molecule is C1=CCC(N2CCCNC3(CCCCC3)C2)C1. The second-order valence-corrected chi connectivity index (χ2v) is 6.19. The maximum absolute atomic E-state index is 3.89. The van der Waals surface area contributed by atoms with E-state index in [0.29, 0.717) is 5.54 Å². The Morgan fingerprint density at radius 3 is 2.53 bits per heavy atom. The topological polar surface area (TPSA) is 15.3 Å². The van der Waals surface area contributed by atoms with Crippen LogP contribution < -0.4 is 5.32 Å². The summed E-state index contributed by atoms with van der Waals surface area (Å²) in [6.07, 6.45) is 15.8. The van der Waals surface area contributed by atoms with Crippen LogP contribution in [0.25, 0.3) is 0 Å². The fourth-order valence-corrected chi connectivity index (χ4v) is 3.94. The zero-order valence-electron chi connectivity index (χ0n) is 11.0. The zero-order valence-corrected chi connectivity index (χ0v) is 11.0. The van der Waals surface area contributed by atoms with E-state index in [1.165, 1.54) is 71.0 Å². The second kappa shape index (κ2) is 5.11. The smallest absolute Gasteiger partial charge is 0.0308 e. The molecule has 1 saturated carbocycles. The van der Waals surface area contributed by atoms with Crippen molar-refractivity contribution in [3.8, 4) is 0 Å². The van der Waals surface area contributed by atoms with Crippen molar-refractivity contribution in [2.45, 2.75) is 62.9 Å². The lowest BCUT2D eigenvalue weighted by Crippen LogP contribution is -2.54. The minimum Gasteiger partial charge on any atom is -0.310 e. The molecule has 0 unspecified atom stereocenters. The molecule has 0 aromatic rings. The van der Waals surface area contributed by atoms with Crippen molar-refractivity contribution in [1.29, 1.82) is 0 Å². The van der Waals surface area contributed by atoms with Gasteiger partial charge in [-0.25, -0.2) is 0 Å². The van der Waals surface area contributed by atoms with Crippen molar-refractivity contribution < 1.29 is 0 Å². The molecule has 0 aromatic heterocycles. The van der Waals surface area contributed by atoms with Crippen LogP contribution in [0.1, 0.15) is 51.4 Å². The maximum atomic E-state index is 3.89. The lowest BCUT2D eigenvalue weighted by Gasteiger charge is -2.41. The number of hydrogen-bond donors (Lipinski definition) is 1. The van der Waals surface area contributed by atoms with Crippen LogP contribution in [0.4, 0.5) is 0 Å². The first kappa shape index (κ1) is 11.7. The van der Waals surface area contributed by atoms with E-state index in [4.69, 9.17) is 0 Å². The summed E-state index contributed by atoms with van der Waals surface area (Å²) < 4.78 is 0. The van der Waals surface area contributed by atoms with E-state index in [2.05, 4.69) is 22.4 Å². The number of rotatable bonds is 1. The van der Waals surface area contributed by atoms with Crippen molar-refractivity contribution in [3.05, 3.63) is 12.2 Å². The predicted octanol–water partition coefficient (Wildman–Crippen LogP) is 2.70. The van der Waals surface area contributed by atoms with E-state index in [-0.39, 0.29) is 0 Å². The van der Waals surface area contributed by atoms with Gasteiger partial charge in [0.15, 0.2) is 0 Å². The van der Waals surface area contributed by atoms with Gasteiger partial charge in [0.2, 0.25) is 0 Å². The molecule has 1 aliphatic heterocycles. The molecule has 0 bridgehead atoms. The average Bonchev–Trinajstić information content (AvgIpc) is 2.82. The summed E-state index contributed by atoms with van der Waals surface area (Å²) in [6.45, 7) is 3.84. The molecule has 0 aromatic carbocycles. The van der Waals surface area contributed by atoms with E-state index in [1.54, 1.807) is 0 Å². The lowest BCUT2D eigenvalue weighted by atomic mass is 9.81. The molecule has 1 N–H and O–H groups in total. The van der Waals surface area contributed by atoms with Gasteiger partial charge in [0.05, 0.1) is 0 Å². The third kappa shape index (κ3) is 2.58. The normalized spacial score (nSPS) is 30.8. The Kier molecular flexibility index (Phi) is 3.53. The Morgan fingerprint density at radius 2 is 1.76 bits per heavy atom. The summed E-state index contributed by atoms with van der Waals surface area (Å²) in [5.41, 5.74) is 0.470. The highest BCUT2D eigenvalue weighted by atomic mass is 15.2. The molecule has 1 spiro atoms. The Labute approximate surface area is 105 Å². The minimum atomic E-state index is 0.470. The van der Waals surface area contributed by atoms with E-state index in [9.17, 15) is 0 Å². The van der Waals surface area contributed by atoms with Gasteiger partial charge in [-0.1, -0.05) is 31.4 Å². The van der Waals surface area contributed by atoms with E-state index in [1.807, 2.05) is 0 Å². The van der Waals surface area contributed by atoms with Crippen LogP contribution in [0, 0.1) is 0 Å².